The van der Waals surface area contributed by atoms with Gasteiger partial charge in [0.25, 0.3) is 5.91 Å². The Hall–Kier alpha value is -3.99. The molecule has 0 aliphatic carbocycles. The van der Waals surface area contributed by atoms with Gasteiger partial charge in [0.2, 0.25) is 0 Å². The monoisotopic (exact) mass is 451 g/mol. The van der Waals surface area contributed by atoms with Gasteiger partial charge in [-0.05, 0) is 42.8 Å². The van der Waals surface area contributed by atoms with Gasteiger partial charge in [-0.15, -0.1) is 0 Å². The van der Waals surface area contributed by atoms with Gasteiger partial charge in [-0.25, -0.2) is 0 Å². The molecule has 2 atom stereocenters. The van der Waals surface area contributed by atoms with Crippen LogP contribution in [0.4, 0.5) is 13.2 Å². The van der Waals surface area contributed by atoms with E-state index in [0.29, 0.717) is 22.3 Å². The van der Waals surface area contributed by atoms with Crippen molar-refractivity contribution in [2.24, 2.45) is 5.92 Å². The number of nitriles is 1. The average molecular weight is 451 g/mol. The van der Waals surface area contributed by atoms with E-state index in [4.69, 9.17) is 5.26 Å². The second kappa shape index (κ2) is 9.65. The molecule has 1 heterocycles. The standard InChI is InChI=1S/C25H20F3N3O2/c1-15(23(32)18-7-5-17(13-29)6-8-18)16(2)31-24(33)21-12-19(20-4-3-11-30-14-20)9-10-22(21)25(26,27)28/h3-12,14-16H,1-2H3,(H,31,33). The summed E-state index contributed by atoms with van der Waals surface area (Å²) in [4.78, 5) is 29.6. The summed E-state index contributed by atoms with van der Waals surface area (Å²) >= 11 is 0. The lowest BCUT2D eigenvalue weighted by atomic mass is 9.92. The number of hydrogen-bond acceptors (Lipinski definition) is 4. The molecule has 0 bridgehead atoms. The molecule has 3 aromatic rings. The minimum Gasteiger partial charge on any atom is -0.349 e. The first-order chi connectivity index (χ1) is 15.6. The Morgan fingerprint density at radius 2 is 1.73 bits per heavy atom. The molecule has 168 valence electrons. The van der Waals surface area contributed by atoms with Gasteiger partial charge in [0.1, 0.15) is 0 Å². The van der Waals surface area contributed by atoms with Crippen molar-refractivity contribution in [3.05, 3.63) is 89.2 Å². The van der Waals surface area contributed by atoms with Gasteiger partial charge in [-0.2, -0.15) is 18.4 Å². The Balaban J connectivity index is 1.85. The molecule has 0 saturated carbocycles. The van der Waals surface area contributed by atoms with Crippen LogP contribution in [0.15, 0.2) is 67.0 Å². The third-order valence-corrected chi connectivity index (χ3v) is 5.39. The zero-order valence-corrected chi connectivity index (χ0v) is 17.9. The number of rotatable bonds is 6. The number of nitrogens with zero attached hydrogens (tertiary/aromatic N) is 2. The van der Waals surface area contributed by atoms with Gasteiger partial charge >= 0.3 is 6.18 Å². The molecule has 0 radical (unpaired) electrons. The van der Waals surface area contributed by atoms with Crippen molar-refractivity contribution in [1.82, 2.24) is 10.3 Å². The fourth-order valence-corrected chi connectivity index (χ4v) is 3.30. The minimum absolute atomic E-state index is 0.299. The number of benzene rings is 2. The highest BCUT2D eigenvalue weighted by Gasteiger charge is 2.36. The Bertz CT molecular complexity index is 1200. The molecule has 2 unspecified atom stereocenters. The fourth-order valence-electron chi connectivity index (χ4n) is 3.30. The van der Waals surface area contributed by atoms with Crippen LogP contribution in [0.5, 0.6) is 0 Å². The molecule has 8 heteroatoms. The smallest absolute Gasteiger partial charge is 0.349 e. The van der Waals surface area contributed by atoms with Gasteiger partial charge in [-0.3, -0.25) is 14.6 Å². The summed E-state index contributed by atoms with van der Waals surface area (Å²) < 4.78 is 40.7. The van der Waals surface area contributed by atoms with Gasteiger partial charge < -0.3 is 5.32 Å². The number of Topliss-reactive ketones (excluding diaryl/α,β-unsaturated/α-hetero) is 1. The van der Waals surface area contributed by atoms with Crippen LogP contribution in [-0.2, 0) is 6.18 Å². The normalized spacial score (nSPS) is 13.0. The van der Waals surface area contributed by atoms with Crippen LogP contribution >= 0.6 is 0 Å². The van der Waals surface area contributed by atoms with Crippen LogP contribution in [0.3, 0.4) is 0 Å². The van der Waals surface area contributed by atoms with Gasteiger partial charge in [0, 0.05) is 35.5 Å². The molecule has 0 spiro atoms. The number of aromatic nitrogens is 1. The number of hydrogen-bond donors (Lipinski definition) is 1. The molecule has 1 amide bonds. The summed E-state index contributed by atoms with van der Waals surface area (Å²) in [5.74, 6) is -1.94. The van der Waals surface area contributed by atoms with E-state index in [-0.39, 0.29) is 5.78 Å². The summed E-state index contributed by atoms with van der Waals surface area (Å²) in [5, 5.41) is 11.4. The Kier molecular flexibility index (Phi) is 6.92. The van der Waals surface area contributed by atoms with Crippen molar-refractivity contribution in [3.8, 4) is 17.2 Å². The molecule has 1 aromatic heterocycles. The highest BCUT2D eigenvalue weighted by atomic mass is 19.4. The van der Waals surface area contributed by atoms with Crippen LogP contribution in [-0.4, -0.2) is 22.7 Å². The maximum absolute atomic E-state index is 13.6. The first-order valence-corrected chi connectivity index (χ1v) is 10.1. The molecule has 1 N–H and O–H groups in total. The van der Waals surface area contributed by atoms with E-state index in [2.05, 4.69) is 10.3 Å². The minimum atomic E-state index is -4.73. The van der Waals surface area contributed by atoms with Crippen LogP contribution in [0.1, 0.15) is 45.7 Å². The van der Waals surface area contributed by atoms with E-state index in [1.54, 1.807) is 26.0 Å². The second-order valence-electron chi connectivity index (χ2n) is 7.60. The molecule has 2 aromatic carbocycles. The Morgan fingerprint density at radius 3 is 2.30 bits per heavy atom. The van der Waals surface area contributed by atoms with Gasteiger partial charge in [0.15, 0.2) is 5.78 Å². The molecule has 0 aliphatic heterocycles. The summed E-state index contributed by atoms with van der Waals surface area (Å²) in [7, 11) is 0. The SMILES string of the molecule is CC(NC(=O)c1cc(-c2cccnc2)ccc1C(F)(F)F)C(C)C(=O)c1ccc(C#N)cc1. The maximum Gasteiger partial charge on any atom is 0.417 e. The van der Waals surface area contributed by atoms with Gasteiger partial charge in [-0.1, -0.05) is 31.2 Å². The Morgan fingerprint density at radius 1 is 1.03 bits per heavy atom. The number of alkyl halides is 3. The van der Waals surface area contributed by atoms with Crippen molar-refractivity contribution in [2.45, 2.75) is 26.1 Å². The van der Waals surface area contributed by atoms with Crippen molar-refractivity contribution >= 4 is 11.7 Å². The number of pyridine rings is 1. The lowest BCUT2D eigenvalue weighted by Crippen LogP contribution is -2.40. The molecule has 5 nitrogen and oxygen atoms in total. The van der Waals surface area contributed by atoms with E-state index < -0.39 is 35.2 Å². The predicted molar refractivity (Wildman–Crippen MR) is 116 cm³/mol. The number of amides is 1. The van der Waals surface area contributed by atoms with Crippen LogP contribution in [0.25, 0.3) is 11.1 Å². The number of carbonyl (C=O) groups is 2. The first kappa shape index (κ1) is 23.7. The van der Waals surface area contributed by atoms with Crippen LogP contribution in [0.2, 0.25) is 0 Å². The third kappa shape index (κ3) is 5.44. The molecular weight excluding hydrogens is 431 g/mol. The molecule has 0 saturated heterocycles. The van der Waals surface area contributed by atoms with E-state index in [9.17, 15) is 22.8 Å². The third-order valence-electron chi connectivity index (χ3n) is 5.39. The van der Waals surface area contributed by atoms with Crippen molar-refractivity contribution in [3.63, 3.8) is 0 Å². The van der Waals surface area contributed by atoms with Gasteiger partial charge in [0.05, 0.1) is 22.8 Å². The quantitative estimate of drug-likeness (QED) is 0.517. The molecular formula is C25H20F3N3O2. The highest BCUT2D eigenvalue weighted by molar-refractivity contribution is 6.00. The van der Waals surface area contributed by atoms with E-state index >= 15 is 0 Å². The zero-order valence-electron chi connectivity index (χ0n) is 17.9. The van der Waals surface area contributed by atoms with E-state index in [0.717, 1.165) is 6.07 Å². The van der Waals surface area contributed by atoms with Crippen molar-refractivity contribution < 1.29 is 22.8 Å². The summed E-state index contributed by atoms with van der Waals surface area (Å²) in [6.07, 6.45) is -1.70. The number of ketones is 1. The molecule has 3 rings (SSSR count). The van der Waals surface area contributed by atoms with Crippen LogP contribution in [0, 0.1) is 17.2 Å². The molecule has 0 aliphatic rings. The largest absolute Gasteiger partial charge is 0.417 e. The Labute approximate surface area is 188 Å². The van der Waals surface area contributed by atoms with E-state index in [1.807, 2.05) is 6.07 Å². The molecule has 0 fully saturated rings. The number of halogens is 3. The first-order valence-electron chi connectivity index (χ1n) is 10.1. The number of carbonyl (C=O) groups excluding carboxylic acids is 2. The zero-order chi connectivity index (χ0) is 24.2. The van der Waals surface area contributed by atoms with E-state index in [1.165, 1.54) is 48.8 Å². The lowest BCUT2D eigenvalue weighted by molar-refractivity contribution is -0.137. The summed E-state index contributed by atoms with van der Waals surface area (Å²) in [6.45, 7) is 3.14. The summed E-state index contributed by atoms with van der Waals surface area (Å²) in [6, 6.07) is 13.9. The van der Waals surface area contributed by atoms with Crippen LogP contribution < -0.4 is 5.32 Å². The number of nitrogens with one attached hydrogen (secondary N) is 1. The predicted octanol–water partition coefficient (Wildman–Crippen LogP) is 5.28. The lowest BCUT2D eigenvalue weighted by Gasteiger charge is -2.22. The topological polar surface area (TPSA) is 82.8 Å². The maximum atomic E-state index is 13.6. The highest BCUT2D eigenvalue weighted by Crippen LogP contribution is 2.34. The fraction of sp³-hybridized carbons (Fsp3) is 0.200. The second-order valence-corrected chi connectivity index (χ2v) is 7.60. The van der Waals surface area contributed by atoms with Crippen molar-refractivity contribution in [1.29, 1.82) is 5.26 Å². The molecule has 33 heavy (non-hydrogen) atoms. The summed E-state index contributed by atoms with van der Waals surface area (Å²) in [5.41, 5.74) is 0.124. The van der Waals surface area contributed by atoms with Crippen molar-refractivity contribution in [2.75, 3.05) is 0 Å². The average Bonchev–Trinajstić information content (AvgIpc) is 2.82.